The molecule has 0 bridgehead atoms. The SMILES string of the molecule is Cc1cc(SN)ccc1CCn1c(C2CC2)nc2cc(N3CCOCC3)ccc2c1=O. The fraction of sp³-hybridized carbons (Fsp3) is 0.417. The number of nitrogens with zero attached hydrogens (tertiary/aromatic N) is 3. The Morgan fingerprint density at radius 3 is 2.68 bits per heavy atom. The molecule has 2 aliphatic rings. The first-order chi connectivity index (χ1) is 15.1. The van der Waals surface area contributed by atoms with E-state index >= 15 is 0 Å². The Morgan fingerprint density at radius 2 is 1.97 bits per heavy atom. The zero-order valence-corrected chi connectivity index (χ0v) is 18.7. The minimum Gasteiger partial charge on any atom is -0.378 e. The van der Waals surface area contributed by atoms with Gasteiger partial charge in [0.15, 0.2) is 0 Å². The van der Waals surface area contributed by atoms with E-state index in [0.717, 1.165) is 67.5 Å². The Balaban J connectivity index is 1.48. The van der Waals surface area contributed by atoms with E-state index in [1.807, 2.05) is 22.8 Å². The van der Waals surface area contributed by atoms with Crippen LogP contribution in [0.2, 0.25) is 0 Å². The van der Waals surface area contributed by atoms with Crippen molar-refractivity contribution >= 4 is 28.5 Å². The van der Waals surface area contributed by atoms with E-state index < -0.39 is 0 Å². The summed E-state index contributed by atoms with van der Waals surface area (Å²) < 4.78 is 7.39. The molecule has 5 rings (SSSR count). The van der Waals surface area contributed by atoms with Gasteiger partial charge >= 0.3 is 0 Å². The molecule has 1 aliphatic carbocycles. The van der Waals surface area contributed by atoms with Crippen molar-refractivity contribution in [1.82, 2.24) is 9.55 Å². The van der Waals surface area contributed by atoms with E-state index in [9.17, 15) is 4.79 Å². The second-order valence-electron chi connectivity index (χ2n) is 8.46. The van der Waals surface area contributed by atoms with Crippen LogP contribution in [0.15, 0.2) is 46.1 Å². The number of aromatic nitrogens is 2. The number of hydrogen-bond acceptors (Lipinski definition) is 6. The number of benzene rings is 2. The fourth-order valence-electron chi connectivity index (χ4n) is 4.37. The van der Waals surface area contributed by atoms with Crippen LogP contribution in [0.1, 0.15) is 35.7 Å². The summed E-state index contributed by atoms with van der Waals surface area (Å²) in [4.78, 5) is 21.8. The Hall–Kier alpha value is -2.35. The molecule has 1 saturated heterocycles. The molecule has 6 nitrogen and oxygen atoms in total. The molecule has 0 unspecified atom stereocenters. The molecule has 2 aromatic carbocycles. The van der Waals surface area contributed by atoms with Crippen molar-refractivity contribution in [2.24, 2.45) is 5.14 Å². The maximum atomic E-state index is 13.4. The van der Waals surface area contributed by atoms with E-state index in [2.05, 4.69) is 30.0 Å². The second-order valence-corrected chi connectivity index (χ2v) is 9.17. The number of rotatable bonds is 6. The van der Waals surface area contributed by atoms with Gasteiger partial charge in [-0.2, -0.15) is 0 Å². The lowest BCUT2D eigenvalue weighted by Gasteiger charge is -2.29. The van der Waals surface area contributed by atoms with Gasteiger partial charge in [-0.05, 0) is 79.6 Å². The average Bonchev–Trinajstić information content (AvgIpc) is 3.64. The lowest BCUT2D eigenvalue weighted by Crippen LogP contribution is -2.36. The van der Waals surface area contributed by atoms with E-state index in [0.29, 0.717) is 17.8 Å². The predicted octanol–water partition coefficient (Wildman–Crippen LogP) is 3.63. The van der Waals surface area contributed by atoms with Crippen LogP contribution in [-0.4, -0.2) is 35.9 Å². The molecule has 1 saturated carbocycles. The third kappa shape index (κ3) is 4.22. The van der Waals surface area contributed by atoms with Crippen molar-refractivity contribution in [2.75, 3.05) is 31.2 Å². The lowest BCUT2D eigenvalue weighted by molar-refractivity contribution is 0.122. The van der Waals surface area contributed by atoms with E-state index in [4.69, 9.17) is 14.9 Å². The molecule has 31 heavy (non-hydrogen) atoms. The van der Waals surface area contributed by atoms with Gasteiger partial charge in [0.05, 0.1) is 24.1 Å². The maximum Gasteiger partial charge on any atom is 0.261 e. The first-order valence-corrected chi connectivity index (χ1v) is 11.9. The fourth-order valence-corrected chi connectivity index (χ4v) is 4.76. The second kappa shape index (κ2) is 8.65. The molecule has 7 heteroatoms. The number of hydrogen-bond donors (Lipinski definition) is 1. The summed E-state index contributed by atoms with van der Waals surface area (Å²) in [6.07, 6.45) is 3.03. The third-order valence-corrected chi connectivity index (χ3v) is 6.87. The number of morpholine rings is 1. The summed E-state index contributed by atoms with van der Waals surface area (Å²) in [5, 5.41) is 6.38. The van der Waals surface area contributed by atoms with Crippen LogP contribution in [0.4, 0.5) is 5.69 Å². The first kappa shape index (κ1) is 20.5. The summed E-state index contributed by atoms with van der Waals surface area (Å²) >= 11 is 1.26. The topological polar surface area (TPSA) is 73.4 Å². The molecule has 0 spiro atoms. The highest BCUT2D eigenvalue weighted by Gasteiger charge is 2.29. The Kier molecular flexibility index (Phi) is 5.73. The van der Waals surface area contributed by atoms with Gasteiger partial charge in [0.2, 0.25) is 0 Å². The summed E-state index contributed by atoms with van der Waals surface area (Å²) in [5.74, 6) is 1.35. The summed E-state index contributed by atoms with van der Waals surface area (Å²) in [6, 6.07) is 12.3. The summed E-state index contributed by atoms with van der Waals surface area (Å²) in [7, 11) is 0. The van der Waals surface area contributed by atoms with E-state index in [1.54, 1.807) is 0 Å². The monoisotopic (exact) mass is 436 g/mol. The Morgan fingerprint density at radius 1 is 1.16 bits per heavy atom. The average molecular weight is 437 g/mol. The van der Waals surface area contributed by atoms with Crippen LogP contribution in [-0.2, 0) is 17.7 Å². The molecule has 0 amide bonds. The highest BCUT2D eigenvalue weighted by Crippen LogP contribution is 2.39. The van der Waals surface area contributed by atoms with Gasteiger partial charge in [-0.25, -0.2) is 4.98 Å². The van der Waals surface area contributed by atoms with Crippen LogP contribution in [0, 0.1) is 6.92 Å². The first-order valence-electron chi connectivity index (χ1n) is 11.0. The van der Waals surface area contributed by atoms with Crippen LogP contribution in [0.3, 0.4) is 0 Å². The van der Waals surface area contributed by atoms with Gasteiger partial charge in [-0.15, -0.1) is 0 Å². The van der Waals surface area contributed by atoms with Crippen LogP contribution < -0.4 is 15.6 Å². The molecule has 1 aromatic heterocycles. The summed E-state index contributed by atoms with van der Waals surface area (Å²) in [5.41, 5.74) is 4.46. The molecule has 1 aliphatic heterocycles. The highest BCUT2D eigenvalue weighted by molar-refractivity contribution is 7.97. The van der Waals surface area contributed by atoms with Gasteiger partial charge in [0.25, 0.3) is 5.56 Å². The Labute approximate surface area is 186 Å². The van der Waals surface area contributed by atoms with Gasteiger partial charge in [0, 0.05) is 36.1 Å². The van der Waals surface area contributed by atoms with E-state index in [-0.39, 0.29) is 5.56 Å². The normalized spacial score (nSPS) is 16.8. The smallest absolute Gasteiger partial charge is 0.261 e. The number of nitrogens with two attached hydrogens (primary N) is 1. The van der Waals surface area contributed by atoms with Gasteiger partial charge < -0.3 is 9.64 Å². The Bertz CT molecular complexity index is 1170. The quantitative estimate of drug-likeness (QED) is 0.595. The van der Waals surface area contributed by atoms with Crippen molar-refractivity contribution in [1.29, 1.82) is 0 Å². The molecule has 2 heterocycles. The molecule has 0 atom stereocenters. The zero-order chi connectivity index (χ0) is 21.4. The van der Waals surface area contributed by atoms with Crippen molar-refractivity contribution < 1.29 is 4.74 Å². The number of fused-ring (bicyclic) bond motifs is 1. The number of ether oxygens (including phenoxy) is 1. The number of anilines is 1. The molecule has 3 aromatic rings. The van der Waals surface area contributed by atoms with E-state index in [1.165, 1.54) is 23.1 Å². The third-order valence-electron chi connectivity index (χ3n) is 6.34. The van der Waals surface area contributed by atoms with Gasteiger partial charge in [0.1, 0.15) is 5.82 Å². The van der Waals surface area contributed by atoms with Crippen LogP contribution >= 0.6 is 11.9 Å². The number of aryl methyl sites for hydroxylation is 2. The van der Waals surface area contributed by atoms with Gasteiger partial charge in [-0.1, -0.05) is 6.07 Å². The van der Waals surface area contributed by atoms with Gasteiger partial charge in [-0.3, -0.25) is 14.5 Å². The molecular weight excluding hydrogens is 408 g/mol. The lowest BCUT2D eigenvalue weighted by atomic mass is 10.1. The molecule has 2 N–H and O–H groups in total. The van der Waals surface area contributed by atoms with Crippen molar-refractivity contribution in [2.45, 2.75) is 43.5 Å². The maximum absolute atomic E-state index is 13.4. The minimum absolute atomic E-state index is 0.0761. The standard InChI is InChI=1S/C24H28N4O2S/c1-16-14-20(31-25)6-4-17(16)8-9-28-23(18-2-3-18)26-22-15-19(5-7-21(22)24(28)29)27-10-12-30-13-11-27/h4-7,14-15,18H,2-3,8-13,25H2,1H3. The molecule has 0 radical (unpaired) electrons. The van der Waals surface area contributed by atoms with Crippen molar-refractivity contribution in [3.63, 3.8) is 0 Å². The minimum atomic E-state index is 0.0761. The molecular formula is C24H28N4O2S. The largest absolute Gasteiger partial charge is 0.378 e. The highest BCUT2D eigenvalue weighted by atomic mass is 32.2. The summed E-state index contributed by atoms with van der Waals surface area (Å²) in [6.45, 7) is 5.98. The molecule has 2 fully saturated rings. The zero-order valence-electron chi connectivity index (χ0n) is 17.8. The van der Waals surface area contributed by atoms with Crippen LogP contribution in [0.5, 0.6) is 0 Å². The van der Waals surface area contributed by atoms with Crippen molar-refractivity contribution in [3.05, 3.63) is 63.7 Å². The molecule has 162 valence electrons. The predicted molar refractivity (Wildman–Crippen MR) is 126 cm³/mol. The van der Waals surface area contributed by atoms with Crippen molar-refractivity contribution in [3.8, 4) is 0 Å². The van der Waals surface area contributed by atoms with Crippen LogP contribution in [0.25, 0.3) is 10.9 Å².